The minimum atomic E-state index is 0.217. The van der Waals surface area contributed by atoms with Crippen molar-refractivity contribution in [3.05, 3.63) is 12.2 Å². The fraction of sp³-hybridized carbons (Fsp3) is 0.981. The Morgan fingerprint density at radius 2 is 0.824 bits per heavy atom. The molecule has 0 N–H and O–H groups in total. The van der Waals surface area contributed by atoms with E-state index < -0.39 is 0 Å². The van der Waals surface area contributed by atoms with Crippen LogP contribution in [0.1, 0.15) is 436 Å². The Kier molecular flexibility index (Phi) is 39.4. The number of likely N-dealkylation sites (tertiary alicyclic amines) is 6. The van der Waals surface area contributed by atoms with Crippen LogP contribution in [0.15, 0.2) is 12.2 Å². The third-order valence-electron chi connectivity index (χ3n) is 29.7. The van der Waals surface area contributed by atoms with E-state index in [0.717, 1.165) is 122 Å². The van der Waals surface area contributed by atoms with Crippen LogP contribution >= 0.6 is 11.8 Å². The van der Waals surface area contributed by atoms with Crippen molar-refractivity contribution < 1.29 is 4.74 Å². The number of nitrogens with zero attached hydrogens (tertiary/aromatic N) is 9. The van der Waals surface area contributed by atoms with Gasteiger partial charge in [0.25, 0.3) is 0 Å². The largest absolute Gasteiger partial charge is 0.364 e. The van der Waals surface area contributed by atoms with Crippen molar-refractivity contribution in [1.29, 1.82) is 0 Å². The first-order valence-corrected chi connectivity index (χ1v) is 51.2. The Balaban J connectivity index is 0.000000282. The first-order chi connectivity index (χ1) is 53.3. The first kappa shape index (κ1) is 111. The highest BCUT2D eigenvalue weighted by atomic mass is 32.2. The van der Waals surface area contributed by atoms with Gasteiger partial charge in [0.1, 0.15) is 0 Å². The minimum absolute atomic E-state index is 0.217. The molecule has 0 aromatic heterocycles. The highest BCUT2D eigenvalue weighted by Crippen LogP contribution is 2.54. The fourth-order valence-electron chi connectivity index (χ4n) is 23.6. The van der Waals surface area contributed by atoms with E-state index >= 15 is 0 Å². The van der Waals surface area contributed by atoms with Gasteiger partial charge in [-0.2, -0.15) is 0 Å². The number of hydrogen-bond acceptors (Lipinski definition) is 11. The summed E-state index contributed by atoms with van der Waals surface area (Å²) in [6.45, 7) is 125. The van der Waals surface area contributed by atoms with Crippen LogP contribution in [0.4, 0.5) is 0 Å². The van der Waals surface area contributed by atoms with Gasteiger partial charge in [-0.15, -0.1) is 11.8 Å². The molecule has 706 valence electrons. The van der Waals surface area contributed by atoms with Crippen LogP contribution in [0.3, 0.4) is 0 Å². The number of hydrogen-bond donors (Lipinski definition) is 0. The summed E-state index contributed by atoms with van der Waals surface area (Å²) in [5.41, 5.74) is 5.00. The second kappa shape index (κ2) is 42.3. The normalized spacial score (nSPS) is 30.8. The molecule has 0 spiro atoms. The zero-order chi connectivity index (χ0) is 92.3. The SMILES string of the molecule is CC(C)(C)C1C2CCC(C2)N1C(C)(C)C.CC(C)(C)C1C=CCN1C(C)(C)C.CC(C)(C)C1CC2CCCC2N1C(C)(C)C.CC(C)(C)C1CCCCN1C(C)(C)C.CC(C)(C)C1CCN1C(C)(C)C.CC(C)(C)C1COCN1C(C)(C)C.CC(C)(C)C1CSCN1C(C)(C)C.CC(C)[C@@H]1CCCN1C(C)C.CC(C)[C@@H]1[C@H]2C[C@H]2CN1C(C)C. The van der Waals surface area contributed by atoms with Crippen LogP contribution in [0.2, 0.25) is 0 Å². The predicted octanol–water partition coefficient (Wildman–Crippen LogP) is 28.0. The lowest BCUT2D eigenvalue weighted by molar-refractivity contribution is -0.0530. The Labute approximate surface area is 752 Å². The van der Waals surface area contributed by atoms with Crippen LogP contribution in [0, 0.1) is 73.4 Å². The van der Waals surface area contributed by atoms with Crippen LogP contribution in [-0.4, -0.2) is 219 Å². The average molecular weight is 1690 g/mol. The molecule has 10 nitrogen and oxygen atoms in total. The molecule has 11 unspecified atom stereocenters. The number of ether oxygens (including phenoxy) is 1. The standard InChI is InChI=1S/C15H29N.C14H27N.C13H27N.C12H23N.C11H23NO.C11H23NS.C11H21N.C11H23N.C10H21N/c1-14(2,3)13-10-11-8-7-9-12(11)16(13)15(4,5)6;1-13(2,3)12-10-7-8-11(9-10)15(12)14(4,5)6;1-12(2,3)11-9-7-8-10-14(11)13(4,5)6;1-11(2,3)10-8-7-9-13(10)12(4,5)6;2*1-10(2,3)9-7-13-8-12(9)11(4,5)6;1-7(2)11-10-5-9(10)6-12(11)8(3)4;1-10(2,3)9-7-8-12(9)11(4,5)6;1-8(2)10-6-5-7-11(10)9(3)4/h11-13H,7-10H2,1-6H3;10-12H,7-9H2,1-6H3;11H,7-10H2,1-6H3;7-8,10H,9H2,1-6H3;2*9H,7-8H2,1-6H3;7-11H,5-6H2,1-4H3;9H,7-8H2,1-6H3;8-10H,5-7H2,1-4H3/t;;;;;;9-,10-,11+;;10-/m......0.0/s1. The molecule has 119 heavy (non-hydrogen) atoms. The summed E-state index contributed by atoms with van der Waals surface area (Å²) >= 11 is 2.07. The molecule has 9 aliphatic heterocycles. The molecule has 9 heterocycles. The lowest BCUT2D eigenvalue weighted by Crippen LogP contribution is -2.61. The quantitative estimate of drug-likeness (QED) is 0.253. The van der Waals surface area contributed by atoms with Gasteiger partial charge in [-0.3, -0.25) is 44.1 Å². The van der Waals surface area contributed by atoms with Gasteiger partial charge >= 0.3 is 0 Å². The lowest BCUT2D eigenvalue weighted by atomic mass is 9.76. The number of thioether (sulfide) groups is 1. The van der Waals surface area contributed by atoms with Gasteiger partial charge in [-0.1, -0.05) is 198 Å². The van der Waals surface area contributed by atoms with E-state index in [1.54, 1.807) is 0 Å². The third-order valence-corrected chi connectivity index (χ3v) is 30.7. The van der Waals surface area contributed by atoms with Crippen molar-refractivity contribution in [3.63, 3.8) is 0 Å². The third kappa shape index (κ3) is 32.3. The number of piperidine rings is 3. The van der Waals surface area contributed by atoms with Gasteiger partial charge in [0.05, 0.1) is 13.3 Å². The second-order valence-electron chi connectivity index (χ2n) is 55.9. The van der Waals surface area contributed by atoms with Crippen molar-refractivity contribution in [2.45, 2.75) is 553 Å². The van der Waals surface area contributed by atoms with E-state index in [0.29, 0.717) is 77.7 Å². The van der Waals surface area contributed by atoms with Crippen molar-refractivity contribution in [2.75, 3.05) is 57.7 Å². The predicted molar refractivity (Wildman–Crippen MR) is 533 cm³/mol. The van der Waals surface area contributed by atoms with E-state index in [2.05, 4.69) is 414 Å². The second-order valence-corrected chi connectivity index (χ2v) is 56.9. The molecular formula is C108H217N9OS. The van der Waals surface area contributed by atoms with Gasteiger partial charge < -0.3 is 4.74 Å². The fourth-order valence-corrected chi connectivity index (χ4v) is 25.4. The Hall–Kier alpha value is -0.310. The van der Waals surface area contributed by atoms with Crippen molar-refractivity contribution in [3.8, 4) is 0 Å². The van der Waals surface area contributed by atoms with E-state index in [-0.39, 0.29) is 11.1 Å². The maximum atomic E-state index is 5.55. The molecule has 0 amide bonds. The minimum Gasteiger partial charge on any atom is -0.364 e. The Morgan fingerprint density at radius 1 is 0.345 bits per heavy atom. The molecule has 0 radical (unpaired) electrons. The number of rotatable bonds is 4. The molecule has 0 aromatic rings. The molecule has 3 saturated carbocycles. The summed E-state index contributed by atoms with van der Waals surface area (Å²) in [4.78, 5) is 24.0. The van der Waals surface area contributed by atoms with Crippen molar-refractivity contribution >= 4 is 11.8 Å². The molecule has 11 fully saturated rings. The molecule has 8 saturated heterocycles. The summed E-state index contributed by atoms with van der Waals surface area (Å²) in [6.07, 6.45) is 24.7. The molecule has 12 aliphatic rings. The monoisotopic (exact) mass is 1690 g/mol. The Bertz CT molecular complexity index is 2750. The molecule has 0 aromatic carbocycles. The maximum absolute atomic E-state index is 5.55. The van der Waals surface area contributed by atoms with Crippen molar-refractivity contribution in [1.82, 2.24) is 44.1 Å². The zero-order valence-corrected chi connectivity index (χ0v) is 91.0. The van der Waals surface area contributed by atoms with Gasteiger partial charge in [-0.05, 0) is 337 Å². The zero-order valence-electron chi connectivity index (χ0n) is 90.2. The van der Waals surface area contributed by atoms with Gasteiger partial charge in [-0.25, -0.2) is 0 Å². The van der Waals surface area contributed by atoms with Gasteiger partial charge in [0.2, 0.25) is 0 Å². The smallest absolute Gasteiger partial charge is 0.0998 e. The summed E-state index contributed by atoms with van der Waals surface area (Å²) < 4.78 is 5.55. The van der Waals surface area contributed by atoms with Crippen LogP contribution < -0.4 is 0 Å². The van der Waals surface area contributed by atoms with Crippen LogP contribution in [0.5, 0.6) is 0 Å². The maximum Gasteiger partial charge on any atom is 0.0998 e. The van der Waals surface area contributed by atoms with Crippen LogP contribution in [-0.2, 0) is 4.74 Å². The average Bonchev–Trinajstić information content (AvgIpc) is 1.60. The van der Waals surface area contributed by atoms with Gasteiger partial charge in [0.15, 0.2) is 0 Å². The molecule has 12 rings (SSSR count). The first-order valence-electron chi connectivity index (χ1n) is 50.0. The molecule has 11 heteroatoms. The van der Waals surface area contributed by atoms with E-state index in [9.17, 15) is 0 Å². The highest BCUT2D eigenvalue weighted by molar-refractivity contribution is 7.99. The molecular weight excluding hydrogens is 1470 g/mol. The number of fused-ring (bicyclic) bond motifs is 4. The summed E-state index contributed by atoms with van der Waals surface area (Å²) in [5.74, 6) is 8.27. The lowest BCUT2D eigenvalue weighted by Gasteiger charge is -2.55. The van der Waals surface area contributed by atoms with Crippen molar-refractivity contribution in [2.24, 2.45) is 73.4 Å². The van der Waals surface area contributed by atoms with Gasteiger partial charge in [0, 0.05) is 149 Å². The molecule has 15 atom stereocenters. The highest BCUT2D eigenvalue weighted by Gasteiger charge is 2.56. The van der Waals surface area contributed by atoms with E-state index in [1.807, 2.05) is 0 Å². The van der Waals surface area contributed by atoms with E-state index in [4.69, 9.17) is 4.74 Å². The summed E-state index contributed by atoms with van der Waals surface area (Å²) in [6, 6.07) is 10.0. The summed E-state index contributed by atoms with van der Waals surface area (Å²) in [5, 5.41) is 0. The van der Waals surface area contributed by atoms with Crippen LogP contribution in [0.25, 0.3) is 0 Å². The molecule has 3 aliphatic carbocycles. The summed E-state index contributed by atoms with van der Waals surface area (Å²) in [7, 11) is 0. The molecule has 2 bridgehead atoms. The topological polar surface area (TPSA) is 38.4 Å². The van der Waals surface area contributed by atoms with E-state index in [1.165, 1.54) is 128 Å². The Morgan fingerprint density at radius 3 is 1.17 bits per heavy atom.